The molecule has 0 saturated heterocycles. The van der Waals surface area contributed by atoms with Gasteiger partial charge < -0.3 is 10.4 Å². The van der Waals surface area contributed by atoms with E-state index in [-0.39, 0.29) is 23.9 Å². The minimum Gasteiger partial charge on any atom is -0.478 e. The summed E-state index contributed by atoms with van der Waals surface area (Å²) in [6.45, 7) is 0. The lowest BCUT2D eigenvalue weighted by atomic mass is 10.0. The molecule has 0 bridgehead atoms. The standard InChI is InChI=1S/C28H21NO3/c30-26(29-27-24-11-5-3-9-22(24)23-10-4-6-12-25(23)27)17-21(28(31)32)16-18-13-14-19-7-1-2-8-20(19)15-18/h1-16,27H,17H2,(H,29,30)(H,31,32)/b21-16+. The first-order valence-corrected chi connectivity index (χ1v) is 10.5. The predicted octanol–water partition coefficient (Wildman–Crippen LogP) is 5.58. The van der Waals surface area contributed by atoms with E-state index in [0.29, 0.717) is 0 Å². The molecule has 0 saturated carbocycles. The molecule has 0 aliphatic heterocycles. The third-order valence-corrected chi connectivity index (χ3v) is 5.88. The number of nitrogens with one attached hydrogen (secondary N) is 1. The number of hydrogen-bond acceptors (Lipinski definition) is 2. The number of carbonyl (C=O) groups is 2. The van der Waals surface area contributed by atoms with Crippen molar-refractivity contribution >= 4 is 28.7 Å². The van der Waals surface area contributed by atoms with E-state index in [4.69, 9.17) is 0 Å². The highest BCUT2D eigenvalue weighted by Crippen LogP contribution is 2.43. The predicted molar refractivity (Wildman–Crippen MR) is 126 cm³/mol. The summed E-state index contributed by atoms with van der Waals surface area (Å²) in [5, 5.41) is 14.9. The molecule has 1 aliphatic carbocycles. The van der Waals surface area contributed by atoms with Crippen LogP contribution in [-0.4, -0.2) is 17.0 Å². The van der Waals surface area contributed by atoms with Crippen LogP contribution in [0, 0.1) is 0 Å². The summed E-state index contributed by atoms with van der Waals surface area (Å²) in [7, 11) is 0. The maximum atomic E-state index is 12.9. The highest BCUT2D eigenvalue weighted by Gasteiger charge is 2.29. The molecule has 2 N–H and O–H groups in total. The van der Waals surface area contributed by atoms with Crippen LogP contribution in [0.2, 0.25) is 0 Å². The van der Waals surface area contributed by atoms with E-state index in [1.807, 2.05) is 91.0 Å². The Kier molecular flexibility index (Phi) is 5.04. The van der Waals surface area contributed by atoms with Crippen LogP contribution in [0.25, 0.3) is 28.0 Å². The van der Waals surface area contributed by atoms with Crippen LogP contribution in [-0.2, 0) is 9.59 Å². The molecule has 4 aromatic carbocycles. The molecular weight excluding hydrogens is 398 g/mol. The van der Waals surface area contributed by atoms with E-state index in [1.54, 1.807) is 6.08 Å². The van der Waals surface area contributed by atoms with Crippen molar-refractivity contribution in [3.05, 3.63) is 113 Å². The van der Waals surface area contributed by atoms with Gasteiger partial charge in [-0.05, 0) is 50.7 Å². The molecule has 4 heteroatoms. The van der Waals surface area contributed by atoms with Crippen LogP contribution in [0.5, 0.6) is 0 Å². The van der Waals surface area contributed by atoms with E-state index in [9.17, 15) is 14.7 Å². The summed E-state index contributed by atoms with van der Waals surface area (Å²) in [4.78, 5) is 24.8. The Morgan fingerprint density at radius 2 is 1.38 bits per heavy atom. The summed E-state index contributed by atoms with van der Waals surface area (Å²) >= 11 is 0. The first kappa shape index (κ1) is 19.8. The average molecular weight is 419 g/mol. The van der Waals surface area contributed by atoms with Gasteiger partial charge in [0, 0.05) is 5.57 Å². The Balaban J connectivity index is 1.40. The molecule has 1 amide bonds. The van der Waals surface area contributed by atoms with Crippen LogP contribution in [0.1, 0.15) is 29.2 Å². The fraction of sp³-hybridized carbons (Fsp3) is 0.0714. The van der Waals surface area contributed by atoms with E-state index in [1.165, 1.54) is 0 Å². The van der Waals surface area contributed by atoms with Gasteiger partial charge in [0.1, 0.15) is 0 Å². The Morgan fingerprint density at radius 3 is 2.03 bits per heavy atom. The largest absolute Gasteiger partial charge is 0.478 e. The monoisotopic (exact) mass is 419 g/mol. The minimum absolute atomic E-state index is 0.0531. The molecule has 32 heavy (non-hydrogen) atoms. The van der Waals surface area contributed by atoms with Crippen LogP contribution in [0.15, 0.2) is 96.6 Å². The number of aliphatic carboxylic acids is 1. The maximum Gasteiger partial charge on any atom is 0.332 e. The molecular formula is C28H21NO3. The van der Waals surface area contributed by atoms with E-state index >= 15 is 0 Å². The number of fused-ring (bicyclic) bond motifs is 4. The Morgan fingerprint density at radius 1 is 0.781 bits per heavy atom. The van der Waals surface area contributed by atoms with Gasteiger partial charge in [-0.1, -0.05) is 84.9 Å². The van der Waals surface area contributed by atoms with Crippen molar-refractivity contribution < 1.29 is 14.7 Å². The SMILES string of the molecule is O=C(C/C(=C\c1ccc2ccccc2c1)C(=O)O)NC1c2ccccc2-c2ccccc21. The van der Waals surface area contributed by atoms with E-state index in [0.717, 1.165) is 38.6 Å². The summed E-state index contributed by atoms with van der Waals surface area (Å²) in [5.41, 5.74) is 5.05. The normalized spacial score (nSPS) is 12.9. The molecule has 0 heterocycles. The Hall–Kier alpha value is -4.18. The maximum absolute atomic E-state index is 12.9. The van der Waals surface area contributed by atoms with Gasteiger partial charge in [-0.15, -0.1) is 0 Å². The summed E-state index contributed by atoms with van der Waals surface area (Å²) in [5.74, 6) is -1.42. The van der Waals surface area contributed by atoms with Crippen LogP contribution < -0.4 is 5.32 Å². The van der Waals surface area contributed by atoms with E-state index < -0.39 is 5.97 Å². The molecule has 156 valence electrons. The molecule has 4 nitrogen and oxygen atoms in total. The van der Waals surface area contributed by atoms with Crippen molar-refractivity contribution in [1.29, 1.82) is 0 Å². The van der Waals surface area contributed by atoms with Crippen molar-refractivity contribution in [3.8, 4) is 11.1 Å². The smallest absolute Gasteiger partial charge is 0.332 e. The van der Waals surface area contributed by atoms with E-state index in [2.05, 4.69) is 5.32 Å². The second-order valence-electron chi connectivity index (χ2n) is 7.93. The molecule has 0 radical (unpaired) electrons. The molecule has 0 aromatic heterocycles. The van der Waals surface area contributed by atoms with Gasteiger partial charge in [-0.3, -0.25) is 4.79 Å². The second kappa shape index (κ2) is 8.16. The van der Waals surface area contributed by atoms with Gasteiger partial charge >= 0.3 is 5.97 Å². The van der Waals surface area contributed by atoms with Gasteiger partial charge in [0.05, 0.1) is 12.5 Å². The minimum atomic E-state index is -1.10. The first-order chi connectivity index (χ1) is 15.6. The zero-order valence-corrected chi connectivity index (χ0v) is 17.3. The third kappa shape index (κ3) is 3.67. The molecule has 5 rings (SSSR count). The van der Waals surface area contributed by atoms with Gasteiger partial charge in [0.15, 0.2) is 0 Å². The second-order valence-corrected chi connectivity index (χ2v) is 7.93. The average Bonchev–Trinajstić information content (AvgIpc) is 3.12. The Bertz CT molecular complexity index is 1340. The number of rotatable bonds is 5. The summed E-state index contributed by atoms with van der Waals surface area (Å²) in [6.07, 6.45) is 1.37. The zero-order chi connectivity index (χ0) is 22.1. The number of amides is 1. The van der Waals surface area contributed by atoms with Crippen LogP contribution >= 0.6 is 0 Å². The zero-order valence-electron chi connectivity index (χ0n) is 17.3. The molecule has 1 aliphatic rings. The molecule has 0 fully saturated rings. The van der Waals surface area contributed by atoms with Gasteiger partial charge in [0.25, 0.3) is 0 Å². The fourth-order valence-electron chi connectivity index (χ4n) is 4.38. The first-order valence-electron chi connectivity index (χ1n) is 10.5. The number of benzene rings is 4. The fourth-order valence-corrected chi connectivity index (χ4v) is 4.38. The molecule has 0 spiro atoms. The van der Waals surface area contributed by atoms with Crippen molar-refractivity contribution in [2.45, 2.75) is 12.5 Å². The van der Waals surface area contributed by atoms with Crippen molar-refractivity contribution in [2.24, 2.45) is 0 Å². The number of hydrogen-bond donors (Lipinski definition) is 2. The lowest BCUT2D eigenvalue weighted by molar-refractivity contribution is -0.134. The highest BCUT2D eigenvalue weighted by molar-refractivity contribution is 5.99. The van der Waals surface area contributed by atoms with Crippen LogP contribution in [0.4, 0.5) is 0 Å². The molecule has 0 unspecified atom stereocenters. The van der Waals surface area contributed by atoms with Crippen molar-refractivity contribution in [2.75, 3.05) is 0 Å². The van der Waals surface area contributed by atoms with Crippen molar-refractivity contribution in [1.82, 2.24) is 5.32 Å². The lowest BCUT2D eigenvalue weighted by Gasteiger charge is -2.16. The molecule has 4 aromatic rings. The number of carbonyl (C=O) groups excluding carboxylic acids is 1. The lowest BCUT2D eigenvalue weighted by Crippen LogP contribution is -2.29. The Labute approximate surface area is 185 Å². The quantitative estimate of drug-likeness (QED) is 0.415. The highest BCUT2D eigenvalue weighted by atomic mass is 16.4. The van der Waals surface area contributed by atoms with Gasteiger partial charge in [-0.2, -0.15) is 0 Å². The van der Waals surface area contributed by atoms with Gasteiger partial charge in [-0.25, -0.2) is 4.79 Å². The third-order valence-electron chi connectivity index (χ3n) is 5.88. The number of carboxylic acids is 1. The molecule has 0 atom stereocenters. The topological polar surface area (TPSA) is 66.4 Å². The van der Waals surface area contributed by atoms with Crippen LogP contribution in [0.3, 0.4) is 0 Å². The van der Waals surface area contributed by atoms with Gasteiger partial charge in [0.2, 0.25) is 5.91 Å². The summed E-state index contributed by atoms with van der Waals surface area (Å²) in [6, 6.07) is 29.3. The summed E-state index contributed by atoms with van der Waals surface area (Å²) < 4.78 is 0. The number of carboxylic acid groups (broad SMARTS) is 1. The van der Waals surface area contributed by atoms with Crippen molar-refractivity contribution in [3.63, 3.8) is 0 Å².